The first-order chi connectivity index (χ1) is 10.0. The maximum atomic E-state index is 12.4. The molecule has 1 unspecified atom stereocenters. The highest BCUT2D eigenvalue weighted by molar-refractivity contribution is 7.08. The molecule has 1 atom stereocenters. The van der Waals surface area contributed by atoms with Gasteiger partial charge in [-0.1, -0.05) is 0 Å². The van der Waals surface area contributed by atoms with Crippen molar-refractivity contribution in [1.82, 2.24) is 15.1 Å². The zero-order chi connectivity index (χ0) is 15.4. The molecule has 1 aromatic heterocycles. The quantitative estimate of drug-likeness (QED) is 0.860. The van der Waals surface area contributed by atoms with Crippen LogP contribution in [-0.4, -0.2) is 60.7 Å². The van der Waals surface area contributed by atoms with Gasteiger partial charge in [0.1, 0.15) is 0 Å². The molecular formula is C14H19N3O3S. The lowest BCUT2D eigenvalue weighted by Crippen LogP contribution is -2.42. The van der Waals surface area contributed by atoms with Crippen LogP contribution in [0.5, 0.6) is 0 Å². The lowest BCUT2D eigenvalue weighted by Gasteiger charge is -2.22. The fourth-order valence-corrected chi connectivity index (χ4v) is 3.05. The minimum Gasteiger partial charge on any atom is -0.359 e. The first-order valence-electron chi connectivity index (χ1n) is 6.81. The van der Waals surface area contributed by atoms with Crippen molar-refractivity contribution in [1.29, 1.82) is 0 Å². The summed E-state index contributed by atoms with van der Waals surface area (Å²) in [6.45, 7) is 3.07. The van der Waals surface area contributed by atoms with Gasteiger partial charge in [0.15, 0.2) is 0 Å². The fraction of sp³-hybridized carbons (Fsp3) is 0.500. The van der Waals surface area contributed by atoms with Crippen molar-refractivity contribution in [3.05, 3.63) is 22.4 Å². The van der Waals surface area contributed by atoms with E-state index in [1.807, 2.05) is 5.38 Å². The number of nitrogens with zero attached hydrogens (tertiary/aromatic N) is 2. The monoisotopic (exact) mass is 309 g/mol. The van der Waals surface area contributed by atoms with Gasteiger partial charge in [0.25, 0.3) is 5.91 Å². The van der Waals surface area contributed by atoms with E-state index in [1.54, 1.807) is 28.3 Å². The lowest BCUT2D eigenvalue weighted by atomic mass is 10.1. The summed E-state index contributed by atoms with van der Waals surface area (Å²) < 4.78 is 0. The highest BCUT2D eigenvalue weighted by Gasteiger charge is 2.30. The standard InChI is InChI=1S/C14H19N3O3S/c1-10(18)16-4-5-17(8-12(7-16)13(19)15-2)14(20)11-3-6-21-9-11/h3,6,9,12H,4-5,7-8H2,1-2H3,(H,15,19). The van der Waals surface area contributed by atoms with Crippen molar-refractivity contribution < 1.29 is 14.4 Å². The molecule has 114 valence electrons. The molecule has 0 spiro atoms. The predicted octanol–water partition coefficient (Wildman–Crippen LogP) is 0.415. The summed E-state index contributed by atoms with van der Waals surface area (Å²) in [6, 6.07) is 1.77. The molecule has 1 aliphatic heterocycles. The van der Waals surface area contributed by atoms with E-state index in [-0.39, 0.29) is 17.7 Å². The number of nitrogens with one attached hydrogen (secondary N) is 1. The van der Waals surface area contributed by atoms with Crippen LogP contribution < -0.4 is 5.32 Å². The molecule has 2 rings (SSSR count). The summed E-state index contributed by atoms with van der Waals surface area (Å²) in [5.41, 5.74) is 0.631. The molecule has 0 aliphatic carbocycles. The van der Waals surface area contributed by atoms with Crippen LogP contribution in [0.4, 0.5) is 0 Å². The van der Waals surface area contributed by atoms with Crippen LogP contribution in [0.3, 0.4) is 0 Å². The first-order valence-corrected chi connectivity index (χ1v) is 7.75. The van der Waals surface area contributed by atoms with Crippen LogP contribution in [0.2, 0.25) is 0 Å². The molecule has 21 heavy (non-hydrogen) atoms. The van der Waals surface area contributed by atoms with E-state index in [9.17, 15) is 14.4 Å². The molecule has 0 aromatic carbocycles. The van der Waals surface area contributed by atoms with Gasteiger partial charge >= 0.3 is 0 Å². The van der Waals surface area contributed by atoms with Crippen molar-refractivity contribution in [3.8, 4) is 0 Å². The zero-order valence-electron chi connectivity index (χ0n) is 12.2. The number of rotatable bonds is 2. The average Bonchev–Trinajstić information content (AvgIpc) is 2.91. The Morgan fingerprint density at radius 3 is 2.48 bits per heavy atom. The second kappa shape index (κ2) is 6.71. The highest BCUT2D eigenvalue weighted by atomic mass is 32.1. The molecule has 1 aliphatic rings. The van der Waals surface area contributed by atoms with Gasteiger partial charge in [-0.05, 0) is 11.4 Å². The minimum atomic E-state index is -0.399. The third-order valence-electron chi connectivity index (χ3n) is 3.64. The van der Waals surface area contributed by atoms with Gasteiger partial charge < -0.3 is 15.1 Å². The molecule has 3 amide bonds. The molecule has 1 N–H and O–H groups in total. The Balaban J connectivity index is 2.17. The van der Waals surface area contributed by atoms with E-state index in [0.29, 0.717) is 31.7 Å². The Morgan fingerprint density at radius 1 is 1.24 bits per heavy atom. The van der Waals surface area contributed by atoms with Crippen molar-refractivity contribution >= 4 is 29.1 Å². The van der Waals surface area contributed by atoms with Crippen LogP contribution in [0.25, 0.3) is 0 Å². The van der Waals surface area contributed by atoms with E-state index >= 15 is 0 Å². The largest absolute Gasteiger partial charge is 0.359 e. The van der Waals surface area contributed by atoms with E-state index in [4.69, 9.17) is 0 Å². The zero-order valence-corrected chi connectivity index (χ0v) is 13.0. The highest BCUT2D eigenvalue weighted by Crippen LogP contribution is 2.15. The summed E-state index contributed by atoms with van der Waals surface area (Å²) in [7, 11) is 1.57. The Labute approximate surface area is 127 Å². The van der Waals surface area contributed by atoms with Crippen molar-refractivity contribution in [2.45, 2.75) is 6.92 Å². The molecule has 1 fully saturated rings. The number of amides is 3. The minimum absolute atomic E-state index is 0.0752. The number of hydrogen-bond acceptors (Lipinski definition) is 4. The Morgan fingerprint density at radius 2 is 1.90 bits per heavy atom. The van der Waals surface area contributed by atoms with Crippen molar-refractivity contribution in [2.75, 3.05) is 33.2 Å². The van der Waals surface area contributed by atoms with Crippen molar-refractivity contribution in [2.24, 2.45) is 5.92 Å². The second-order valence-electron chi connectivity index (χ2n) is 5.04. The molecule has 6 nitrogen and oxygen atoms in total. The molecule has 7 heteroatoms. The number of carbonyl (C=O) groups excluding carboxylic acids is 3. The average molecular weight is 309 g/mol. The van der Waals surface area contributed by atoms with Crippen LogP contribution in [0.15, 0.2) is 16.8 Å². The number of carbonyl (C=O) groups is 3. The Bertz CT molecular complexity index is 530. The van der Waals surface area contributed by atoms with Gasteiger partial charge in [0.05, 0.1) is 11.5 Å². The summed E-state index contributed by atoms with van der Waals surface area (Å²) in [5, 5.41) is 6.25. The van der Waals surface area contributed by atoms with Gasteiger partial charge in [0.2, 0.25) is 11.8 Å². The molecule has 1 saturated heterocycles. The van der Waals surface area contributed by atoms with E-state index < -0.39 is 5.92 Å². The maximum Gasteiger partial charge on any atom is 0.254 e. The topological polar surface area (TPSA) is 69.7 Å². The number of thiophene rings is 1. The molecule has 0 bridgehead atoms. The van der Waals surface area contributed by atoms with Crippen LogP contribution in [0, 0.1) is 5.92 Å². The second-order valence-corrected chi connectivity index (χ2v) is 5.82. The third kappa shape index (κ3) is 3.60. The molecule has 0 saturated carbocycles. The van der Waals surface area contributed by atoms with Crippen LogP contribution in [0.1, 0.15) is 17.3 Å². The van der Waals surface area contributed by atoms with Gasteiger partial charge in [-0.3, -0.25) is 14.4 Å². The van der Waals surface area contributed by atoms with Gasteiger partial charge in [-0.25, -0.2) is 0 Å². The molecule has 2 heterocycles. The molecule has 1 aromatic rings. The smallest absolute Gasteiger partial charge is 0.254 e. The Kier molecular flexibility index (Phi) is 4.95. The van der Waals surface area contributed by atoms with E-state index in [1.165, 1.54) is 18.3 Å². The van der Waals surface area contributed by atoms with Gasteiger partial charge in [0, 0.05) is 45.5 Å². The summed E-state index contributed by atoms with van der Waals surface area (Å²) in [4.78, 5) is 39.3. The predicted molar refractivity (Wildman–Crippen MR) is 80.0 cm³/mol. The lowest BCUT2D eigenvalue weighted by molar-refractivity contribution is -0.130. The third-order valence-corrected chi connectivity index (χ3v) is 4.32. The van der Waals surface area contributed by atoms with Crippen LogP contribution in [-0.2, 0) is 9.59 Å². The molecule has 0 radical (unpaired) electrons. The fourth-order valence-electron chi connectivity index (χ4n) is 2.42. The number of hydrogen-bond donors (Lipinski definition) is 1. The normalized spacial score (nSPS) is 19.0. The van der Waals surface area contributed by atoms with Crippen molar-refractivity contribution in [3.63, 3.8) is 0 Å². The maximum absolute atomic E-state index is 12.4. The Hall–Kier alpha value is -1.89. The van der Waals surface area contributed by atoms with E-state index in [2.05, 4.69) is 5.32 Å². The summed E-state index contributed by atoms with van der Waals surface area (Å²) in [5.74, 6) is -0.709. The summed E-state index contributed by atoms with van der Waals surface area (Å²) in [6.07, 6.45) is 0. The molecular weight excluding hydrogens is 290 g/mol. The van der Waals surface area contributed by atoms with E-state index in [0.717, 1.165) is 0 Å². The SMILES string of the molecule is CNC(=O)C1CN(C(C)=O)CCN(C(=O)c2ccsc2)C1. The first kappa shape index (κ1) is 15.5. The van der Waals surface area contributed by atoms with Gasteiger partial charge in [-0.2, -0.15) is 11.3 Å². The van der Waals surface area contributed by atoms with Crippen LogP contribution >= 0.6 is 11.3 Å². The van der Waals surface area contributed by atoms with Gasteiger partial charge in [-0.15, -0.1) is 0 Å². The summed E-state index contributed by atoms with van der Waals surface area (Å²) >= 11 is 1.46.